The number of hydrogen-bond acceptors (Lipinski definition) is 4. The highest BCUT2D eigenvalue weighted by Gasteiger charge is 2.18. The van der Waals surface area contributed by atoms with Gasteiger partial charge in [0.15, 0.2) is 11.5 Å². The van der Waals surface area contributed by atoms with Crippen LogP contribution in [0.15, 0.2) is 24.3 Å². The van der Waals surface area contributed by atoms with Crippen molar-refractivity contribution in [2.45, 2.75) is 19.9 Å². The third-order valence-electron chi connectivity index (χ3n) is 2.39. The largest absolute Gasteiger partial charge is 0.382 e. The maximum atomic E-state index is 11.9. The Morgan fingerprint density at radius 1 is 1.47 bits per heavy atom. The van der Waals surface area contributed by atoms with Crippen LogP contribution in [0.2, 0.25) is 5.02 Å². The zero-order chi connectivity index (χ0) is 14.0. The molecule has 100 valence electrons. The Bertz CT molecular complexity index is 608. The van der Waals surface area contributed by atoms with Crippen LogP contribution in [0.25, 0.3) is 5.69 Å². The van der Waals surface area contributed by atoms with Gasteiger partial charge in [-0.25, -0.2) is 0 Å². The van der Waals surface area contributed by atoms with E-state index in [0.29, 0.717) is 10.7 Å². The number of halogens is 1. The summed E-state index contributed by atoms with van der Waals surface area (Å²) in [5.74, 6) is -0.166. The van der Waals surface area contributed by atoms with Gasteiger partial charge in [0.1, 0.15) is 0 Å². The normalized spacial score (nSPS) is 10.7. The molecule has 6 nitrogen and oxygen atoms in total. The van der Waals surface area contributed by atoms with Crippen molar-refractivity contribution in [2.75, 3.05) is 5.73 Å². The van der Waals surface area contributed by atoms with Crippen LogP contribution in [-0.4, -0.2) is 26.9 Å². The number of amides is 1. The summed E-state index contributed by atoms with van der Waals surface area (Å²) in [6, 6.07) is 6.98. The van der Waals surface area contributed by atoms with Gasteiger partial charge in [-0.05, 0) is 32.0 Å². The minimum Gasteiger partial charge on any atom is -0.382 e. The number of rotatable bonds is 3. The number of aromatic nitrogens is 3. The maximum absolute atomic E-state index is 11.9. The lowest BCUT2D eigenvalue weighted by Crippen LogP contribution is -2.31. The molecule has 0 fully saturated rings. The third kappa shape index (κ3) is 2.85. The minimum atomic E-state index is -0.347. The fraction of sp³-hybridized carbons (Fsp3) is 0.250. The summed E-state index contributed by atoms with van der Waals surface area (Å²) in [4.78, 5) is 11.9. The number of carbonyl (C=O) groups excluding carboxylic acids is 1. The van der Waals surface area contributed by atoms with Crippen LogP contribution in [0.4, 0.5) is 5.82 Å². The molecule has 3 N–H and O–H groups in total. The van der Waals surface area contributed by atoms with E-state index >= 15 is 0 Å². The Hall–Kier alpha value is -2.08. The van der Waals surface area contributed by atoms with Gasteiger partial charge in [-0.1, -0.05) is 22.9 Å². The summed E-state index contributed by atoms with van der Waals surface area (Å²) in [5.41, 5.74) is 6.66. The number of nitrogen functional groups attached to an aromatic ring is 1. The average Bonchev–Trinajstić information content (AvgIpc) is 2.70. The third-order valence-corrected chi connectivity index (χ3v) is 2.63. The smallest absolute Gasteiger partial charge is 0.275 e. The number of benzene rings is 1. The van der Waals surface area contributed by atoms with Crippen molar-refractivity contribution >= 4 is 23.3 Å². The van der Waals surface area contributed by atoms with Gasteiger partial charge in [-0.15, -0.1) is 5.10 Å². The van der Waals surface area contributed by atoms with Crippen LogP contribution in [0.5, 0.6) is 0 Å². The summed E-state index contributed by atoms with van der Waals surface area (Å²) in [6.07, 6.45) is 0. The molecule has 0 aliphatic heterocycles. The summed E-state index contributed by atoms with van der Waals surface area (Å²) in [5, 5.41) is 11.0. The van der Waals surface area contributed by atoms with E-state index in [9.17, 15) is 4.79 Å². The molecule has 0 radical (unpaired) electrons. The lowest BCUT2D eigenvalue weighted by Gasteiger charge is -2.07. The molecule has 1 aromatic heterocycles. The number of nitrogens with zero attached hydrogens (tertiary/aromatic N) is 3. The van der Waals surface area contributed by atoms with Crippen molar-refractivity contribution in [1.82, 2.24) is 20.3 Å². The molecule has 0 atom stereocenters. The molecule has 0 bridgehead atoms. The van der Waals surface area contributed by atoms with Gasteiger partial charge in [0.25, 0.3) is 5.91 Å². The zero-order valence-corrected chi connectivity index (χ0v) is 11.3. The summed E-state index contributed by atoms with van der Waals surface area (Å²) in [6.45, 7) is 3.71. The topological polar surface area (TPSA) is 85.8 Å². The van der Waals surface area contributed by atoms with E-state index in [1.807, 2.05) is 13.8 Å². The van der Waals surface area contributed by atoms with Crippen molar-refractivity contribution in [3.8, 4) is 5.69 Å². The average molecular weight is 280 g/mol. The molecule has 19 heavy (non-hydrogen) atoms. The van der Waals surface area contributed by atoms with Gasteiger partial charge in [-0.2, -0.15) is 4.68 Å². The number of nitrogens with one attached hydrogen (secondary N) is 1. The predicted octanol–water partition coefficient (Wildman–Crippen LogP) is 1.64. The Balaban J connectivity index is 2.35. The molecule has 0 saturated heterocycles. The SMILES string of the molecule is CC(C)NC(=O)c1nnn(-c2cccc(Cl)c2)c1N. The van der Waals surface area contributed by atoms with E-state index in [1.54, 1.807) is 24.3 Å². The number of nitrogens with two attached hydrogens (primary N) is 1. The second kappa shape index (κ2) is 5.27. The molecule has 2 rings (SSSR count). The van der Waals surface area contributed by atoms with Crippen LogP contribution in [0.1, 0.15) is 24.3 Å². The second-order valence-corrected chi connectivity index (χ2v) is 4.78. The first-order valence-corrected chi connectivity index (χ1v) is 6.15. The van der Waals surface area contributed by atoms with Crippen molar-refractivity contribution in [1.29, 1.82) is 0 Å². The quantitative estimate of drug-likeness (QED) is 0.894. The van der Waals surface area contributed by atoms with Gasteiger partial charge < -0.3 is 11.1 Å². The molecule has 1 aromatic carbocycles. The number of hydrogen-bond donors (Lipinski definition) is 2. The molecule has 0 aliphatic carbocycles. The predicted molar refractivity (Wildman–Crippen MR) is 73.4 cm³/mol. The monoisotopic (exact) mass is 279 g/mol. The zero-order valence-electron chi connectivity index (χ0n) is 10.6. The van der Waals surface area contributed by atoms with E-state index in [0.717, 1.165) is 0 Å². The van der Waals surface area contributed by atoms with Gasteiger partial charge in [0, 0.05) is 11.1 Å². The highest BCUT2D eigenvalue weighted by molar-refractivity contribution is 6.30. The first-order chi connectivity index (χ1) is 8.99. The van der Waals surface area contributed by atoms with Crippen molar-refractivity contribution < 1.29 is 4.79 Å². The molecule has 0 unspecified atom stereocenters. The van der Waals surface area contributed by atoms with Crippen LogP contribution < -0.4 is 11.1 Å². The Morgan fingerprint density at radius 2 is 2.21 bits per heavy atom. The van der Waals surface area contributed by atoms with Crippen molar-refractivity contribution in [2.24, 2.45) is 0 Å². The highest BCUT2D eigenvalue weighted by Crippen LogP contribution is 2.18. The summed E-state index contributed by atoms with van der Waals surface area (Å²) < 4.78 is 1.38. The van der Waals surface area contributed by atoms with Gasteiger partial charge in [-0.3, -0.25) is 4.79 Å². The van der Waals surface area contributed by atoms with E-state index in [1.165, 1.54) is 4.68 Å². The Morgan fingerprint density at radius 3 is 2.84 bits per heavy atom. The molecule has 7 heteroatoms. The van der Waals surface area contributed by atoms with Crippen LogP contribution in [0.3, 0.4) is 0 Å². The fourth-order valence-electron chi connectivity index (χ4n) is 1.58. The molecular formula is C12H14ClN5O. The van der Waals surface area contributed by atoms with Crippen molar-refractivity contribution in [3.63, 3.8) is 0 Å². The minimum absolute atomic E-state index is 0.00298. The Kier molecular flexibility index (Phi) is 3.71. The molecule has 2 aromatic rings. The van der Waals surface area contributed by atoms with Gasteiger partial charge in [0.2, 0.25) is 0 Å². The van der Waals surface area contributed by atoms with E-state index < -0.39 is 0 Å². The van der Waals surface area contributed by atoms with Crippen LogP contribution >= 0.6 is 11.6 Å². The first kappa shape index (κ1) is 13.4. The van der Waals surface area contributed by atoms with Crippen molar-refractivity contribution in [3.05, 3.63) is 35.0 Å². The van der Waals surface area contributed by atoms with E-state index in [-0.39, 0.29) is 23.5 Å². The molecule has 1 heterocycles. The molecular weight excluding hydrogens is 266 g/mol. The summed E-state index contributed by atoms with van der Waals surface area (Å²) in [7, 11) is 0. The molecule has 0 aliphatic rings. The molecule has 0 spiro atoms. The van der Waals surface area contributed by atoms with Gasteiger partial charge in [0.05, 0.1) is 5.69 Å². The lowest BCUT2D eigenvalue weighted by molar-refractivity contribution is 0.0939. The van der Waals surface area contributed by atoms with E-state index in [4.69, 9.17) is 17.3 Å². The Labute approximate surface area is 115 Å². The fourth-order valence-corrected chi connectivity index (χ4v) is 1.76. The number of anilines is 1. The molecule has 0 saturated carbocycles. The van der Waals surface area contributed by atoms with Crippen LogP contribution in [0, 0.1) is 0 Å². The number of carbonyl (C=O) groups is 1. The first-order valence-electron chi connectivity index (χ1n) is 5.77. The lowest BCUT2D eigenvalue weighted by atomic mass is 10.3. The highest BCUT2D eigenvalue weighted by atomic mass is 35.5. The maximum Gasteiger partial charge on any atom is 0.275 e. The van der Waals surface area contributed by atoms with E-state index in [2.05, 4.69) is 15.6 Å². The standard InChI is InChI=1S/C12H14ClN5O/c1-7(2)15-12(19)10-11(14)18(17-16-10)9-5-3-4-8(13)6-9/h3-7H,14H2,1-2H3,(H,15,19). The van der Waals surface area contributed by atoms with Crippen LogP contribution in [-0.2, 0) is 0 Å². The van der Waals surface area contributed by atoms with Gasteiger partial charge >= 0.3 is 0 Å². The molecule has 1 amide bonds. The second-order valence-electron chi connectivity index (χ2n) is 4.34. The summed E-state index contributed by atoms with van der Waals surface area (Å²) >= 11 is 5.90.